The molecule has 6 nitrogen and oxygen atoms in total. The number of carbonyl (C=O) groups excluding carboxylic acids is 1. The van der Waals surface area contributed by atoms with Gasteiger partial charge in [-0.3, -0.25) is 9.78 Å². The van der Waals surface area contributed by atoms with Crippen LogP contribution >= 0.6 is 0 Å². The van der Waals surface area contributed by atoms with E-state index in [-0.39, 0.29) is 5.91 Å². The lowest BCUT2D eigenvalue weighted by atomic mass is 10.3. The Balaban J connectivity index is 2.18. The zero-order chi connectivity index (χ0) is 11.6. The highest BCUT2D eigenvalue weighted by molar-refractivity contribution is 5.92. The molecule has 0 atom stereocenters. The predicted molar refractivity (Wildman–Crippen MR) is 59.8 cm³/mol. The largest absolute Gasteiger partial charge is 0.351 e. The van der Waals surface area contributed by atoms with Gasteiger partial charge in [-0.2, -0.15) is 0 Å². The topological polar surface area (TPSA) is 90.8 Å². The molecule has 0 radical (unpaired) electrons. The maximum absolute atomic E-state index is 11.5. The number of carbonyl (C=O) groups is 1. The van der Waals surface area contributed by atoms with E-state index in [1.165, 1.54) is 0 Å². The Labute approximate surface area is 93.3 Å². The van der Waals surface area contributed by atoms with Crippen molar-refractivity contribution in [1.82, 2.24) is 10.3 Å². The smallest absolute Gasteiger partial charge is 0.269 e. The summed E-state index contributed by atoms with van der Waals surface area (Å²) in [5, 5.41) is 6.14. The molecule has 0 fully saturated rings. The number of nitrogens with zero attached hydrogens (tertiary/aromatic N) is 4. The van der Waals surface area contributed by atoms with E-state index in [4.69, 9.17) is 5.53 Å². The third-order valence-electron chi connectivity index (χ3n) is 1.93. The molecule has 0 saturated heterocycles. The lowest BCUT2D eigenvalue weighted by Gasteiger charge is -2.02. The molecule has 1 heterocycles. The van der Waals surface area contributed by atoms with Gasteiger partial charge >= 0.3 is 0 Å². The first kappa shape index (κ1) is 12.0. The third-order valence-corrected chi connectivity index (χ3v) is 1.93. The van der Waals surface area contributed by atoms with Crippen molar-refractivity contribution in [2.75, 3.05) is 13.1 Å². The monoisotopic (exact) mass is 219 g/mol. The quantitative estimate of drug-likeness (QED) is 0.342. The summed E-state index contributed by atoms with van der Waals surface area (Å²) in [6.07, 6.45) is 3.14. The average molecular weight is 219 g/mol. The highest BCUT2D eigenvalue weighted by Crippen LogP contribution is 1.94. The van der Waals surface area contributed by atoms with Crippen molar-refractivity contribution in [3.63, 3.8) is 0 Å². The van der Waals surface area contributed by atoms with Crippen molar-refractivity contribution in [3.8, 4) is 0 Å². The van der Waals surface area contributed by atoms with E-state index < -0.39 is 0 Å². The number of azide groups is 1. The summed E-state index contributed by atoms with van der Waals surface area (Å²) in [5.74, 6) is -0.176. The number of unbranched alkanes of at least 4 members (excludes halogenated alkanes) is 1. The van der Waals surface area contributed by atoms with Crippen LogP contribution in [-0.4, -0.2) is 24.0 Å². The predicted octanol–water partition coefficient (Wildman–Crippen LogP) is 1.90. The summed E-state index contributed by atoms with van der Waals surface area (Å²) in [4.78, 5) is 18.1. The van der Waals surface area contributed by atoms with Gasteiger partial charge in [0, 0.05) is 24.2 Å². The van der Waals surface area contributed by atoms with Crippen molar-refractivity contribution in [1.29, 1.82) is 0 Å². The zero-order valence-electron chi connectivity index (χ0n) is 8.83. The molecular weight excluding hydrogens is 206 g/mol. The van der Waals surface area contributed by atoms with Gasteiger partial charge in [-0.05, 0) is 30.5 Å². The summed E-state index contributed by atoms with van der Waals surface area (Å²) >= 11 is 0. The Bertz CT molecular complexity index is 372. The summed E-state index contributed by atoms with van der Waals surface area (Å²) in [6.45, 7) is 1.03. The molecule has 1 amide bonds. The van der Waals surface area contributed by atoms with Crippen LogP contribution in [0.5, 0.6) is 0 Å². The van der Waals surface area contributed by atoms with Gasteiger partial charge in [0.15, 0.2) is 0 Å². The summed E-state index contributed by atoms with van der Waals surface area (Å²) in [6, 6.07) is 5.19. The molecule has 0 spiro atoms. The van der Waals surface area contributed by atoms with E-state index in [1.807, 2.05) is 0 Å². The van der Waals surface area contributed by atoms with Crippen LogP contribution in [0.15, 0.2) is 29.5 Å². The molecule has 0 aliphatic heterocycles. The maximum Gasteiger partial charge on any atom is 0.269 e. The third kappa shape index (κ3) is 4.43. The minimum absolute atomic E-state index is 0.176. The second kappa shape index (κ2) is 7.25. The average Bonchev–Trinajstić information content (AvgIpc) is 2.34. The summed E-state index contributed by atoms with van der Waals surface area (Å²) in [5.41, 5.74) is 8.45. The molecule has 16 heavy (non-hydrogen) atoms. The standard InChI is InChI=1S/C10H13N5O/c11-15-14-8-4-3-7-13-10(16)9-5-1-2-6-12-9/h1-2,5-6H,3-4,7-8H2,(H,13,16). The highest BCUT2D eigenvalue weighted by atomic mass is 16.1. The van der Waals surface area contributed by atoms with Gasteiger partial charge in [0.25, 0.3) is 5.91 Å². The van der Waals surface area contributed by atoms with Crippen molar-refractivity contribution in [2.45, 2.75) is 12.8 Å². The second-order valence-corrected chi connectivity index (χ2v) is 3.13. The zero-order valence-corrected chi connectivity index (χ0v) is 8.83. The summed E-state index contributed by atoms with van der Waals surface area (Å²) in [7, 11) is 0. The molecule has 1 aromatic rings. The van der Waals surface area contributed by atoms with E-state index in [0.717, 1.165) is 12.8 Å². The number of amides is 1. The molecule has 1 rings (SSSR count). The molecule has 1 aromatic heterocycles. The second-order valence-electron chi connectivity index (χ2n) is 3.13. The van der Waals surface area contributed by atoms with E-state index in [9.17, 15) is 4.79 Å². The molecule has 0 bridgehead atoms. The van der Waals surface area contributed by atoms with Gasteiger partial charge in [0.1, 0.15) is 5.69 Å². The minimum atomic E-state index is -0.176. The maximum atomic E-state index is 11.5. The lowest BCUT2D eigenvalue weighted by Crippen LogP contribution is -2.25. The van der Waals surface area contributed by atoms with Crippen LogP contribution in [0.2, 0.25) is 0 Å². The van der Waals surface area contributed by atoms with Gasteiger partial charge in [-0.15, -0.1) is 0 Å². The number of nitrogens with one attached hydrogen (secondary N) is 1. The van der Waals surface area contributed by atoms with Crippen LogP contribution in [-0.2, 0) is 0 Å². The van der Waals surface area contributed by atoms with E-state index >= 15 is 0 Å². The van der Waals surface area contributed by atoms with Gasteiger partial charge in [-0.25, -0.2) is 0 Å². The van der Waals surface area contributed by atoms with Crippen LogP contribution < -0.4 is 5.32 Å². The SMILES string of the molecule is [N-]=[N+]=NCCCCNC(=O)c1ccccn1. The van der Waals surface area contributed by atoms with Crippen LogP contribution in [0.3, 0.4) is 0 Å². The van der Waals surface area contributed by atoms with Crippen LogP contribution in [0.1, 0.15) is 23.3 Å². The van der Waals surface area contributed by atoms with E-state index in [0.29, 0.717) is 18.8 Å². The Hall–Kier alpha value is -2.07. The number of pyridine rings is 1. The number of hydrogen-bond donors (Lipinski definition) is 1. The molecule has 1 N–H and O–H groups in total. The first-order chi connectivity index (χ1) is 7.84. The van der Waals surface area contributed by atoms with Crippen LogP contribution in [0.4, 0.5) is 0 Å². The van der Waals surface area contributed by atoms with Gasteiger partial charge in [0.05, 0.1) is 0 Å². The molecule has 0 unspecified atom stereocenters. The fourth-order valence-electron chi connectivity index (χ4n) is 1.14. The fourth-order valence-corrected chi connectivity index (χ4v) is 1.14. The molecule has 0 aliphatic carbocycles. The normalized spacial score (nSPS) is 9.25. The Morgan fingerprint density at radius 1 is 1.50 bits per heavy atom. The number of hydrogen-bond acceptors (Lipinski definition) is 3. The Morgan fingerprint density at radius 2 is 2.38 bits per heavy atom. The molecule has 84 valence electrons. The first-order valence-corrected chi connectivity index (χ1v) is 5.04. The van der Waals surface area contributed by atoms with Crippen molar-refractivity contribution in [3.05, 3.63) is 40.5 Å². The number of rotatable bonds is 6. The van der Waals surface area contributed by atoms with Gasteiger partial charge in [0.2, 0.25) is 0 Å². The molecule has 0 aromatic carbocycles. The fraction of sp³-hybridized carbons (Fsp3) is 0.400. The van der Waals surface area contributed by atoms with Crippen LogP contribution in [0.25, 0.3) is 10.4 Å². The Morgan fingerprint density at radius 3 is 3.06 bits per heavy atom. The first-order valence-electron chi connectivity index (χ1n) is 5.04. The molecular formula is C10H13N5O. The minimum Gasteiger partial charge on any atom is -0.351 e. The summed E-state index contributed by atoms with van der Waals surface area (Å²) < 4.78 is 0. The van der Waals surface area contributed by atoms with Crippen molar-refractivity contribution < 1.29 is 4.79 Å². The highest BCUT2D eigenvalue weighted by Gasteiger charge is 2.03. The van der Waals surface area contributed by atoms with E-state index in [1.54, 1.807) is 24.4 Å². The van der Waals surface area contributed by atoms with Crippen molar-refractivity contribution >= 4 is 5.91 Å². The van der Waals surface area contributed by atoms with Crippen molar-refractivity contribution in [2.24, 2.45) is 5.11 Å². The number of aromatic nitrogens is 1. The Kier molecular flexibility index (Phi) is 5.44. The van der Waals surface area contributed by atoms with Crippen LogP contribution in [0, 0.1) is 0 Å². The molecule has 6 heteroatoms. The molecule has 0 aliphatic rings. The van der Waals surface area contributed by atoms with E-state index in [2.05, 4.69) is 20.3 Å². The molecule has 0 saturated carbocycles. The van der Waals surface area contributed by atoms with Gasteiger partial charge in [-0.1, -0.05) is 11.2 Å². The van der Waals surface area contributed by atoms with Gasteiger partial charge < -0.3 is 5.32 Å². The lowest BCUT2D eigenvalue weighted by molar-refractivity contribution is 0.0948.